The largest absolute Gasteiger partial charge is 0.497 e. The first-order valence-corrected chi connectivity index (χ1v) is 8.17. The lowest BCUT2D eigenvalue weighted by molar-refractivity contribution is 0.0953. The highest BCUT2D eigenvalue weighted by molar-refractivity contribution is 6.30. The molecule has 1 heterocycles. The third-order valence-corrected chi connectivity index (χ3v) is 3.94. The maximum absolute atomic E-state index is 12.1. The molecular formula is C19H17ClN2O3. The van der Waals surface area contributed by atoms with Gasteiger partial charge >= 0.3 is 0 Å². The van der Waals surface area contributed by atoms with E-state index in [1.54, 1.807) is 43.5 Å². The number of nitrogens with one attached hydrogen (secondary N) is 1. The van der Waals surface area contributed by atoms with Gasteiger partial charge in [-0.2, -0.15) is 0 Å². The van der Waals surface area contributed by atoms with Crippen LogP contribution in [0.25, 0.3) is 11.3 Å². The fourth-order valence-corrected chi connectivity index (χ4v) is 2.48. The molecule has 0 radical (unpaired) electrons. The first-order valence-electron chi connectivity index (χ1n) is 7.79. The van der Waals surface area contributed by atoms with E-state index in [4.69, 9.17) is 20.9 Å². The summed E-state index contributed by atoms with van der Waals surface area (Å²) in [6, 6.07) is 16.2. The van der Waals surface area contributed by atoms with Crippen LogP contribution in [-0.4, -0.2) is 24.7 Å². The monoisotopic (exact) mass is 356 g/mol. The quantitative estimate of drug-likeness (QED) is 0.725. The molecule has 0 unspecified atom stereocenters. The summed E-state index contributed by atoms with van der Waals surface area (Å²) >= 11 is 5.88. The van der Waals surface area contributed by atoms with Gasteiger partial charge in [0.2, 0.25) is 0 Å². The van der Waals surface area contributed by atoms with Gasteiger partial charge in [-0.15, -0.1) is 0 Å². The molecule has 0 bridgehead atoms. The molecule has 3 rings (SSSR count). The molecule has 5 nitrogen and oxygen atoms in total. The topological polar surface area (TPSA) is 64.4 Å². The van der Waals surface area contributed by atoms with Gasteiger partial charge in [-0.3, -0.25) is 4.79 Å². The standard InChI is InChI=1S/C19H17ClN2O3/c1-24-17-4-2-3-14(11-17)19(23)21-10-9-16-12-18(25-22-16)13-5-7-15(20)8-6-13/h2-8,11-12H,9-10H2,1H3,(H,21,23). The Morgan fingerprint density at radius 3 is 2.76 bits per heavy atom. The molecule has 0 aliphatic heterocycles. The zero-order valence-electron chi connectivity index (χ0n) is 13.7. The van der Waals surface area contributed by atoms with Gasteiger partial charge in [0, 0.05) is 35.2 Å². The van der Waals surface area contributed by atoms with E-state index in [0.29, 0.717) is 35.1 Å². The van der Waals surface area contributed by atoms with Gasteiger partial charge in [-0.1, -0.05) is 22.8 Å². The van der Waals surface area contributed by atoms with Crippen LogP contribution in [0.1, 0.15) is 16.1 Å². The van der Waals surface area contributed by atoms with E-state index >= 15 is 0 Å². The average Bonchev–Trinajstić information content (AvgIpc) is 3.11. The van der Waals surface area contributed by atoms with E-state index in [0.717, 1.165) is 11.3 Å². The predicted octanol–water partition coefficient (Wildman–Crippen LogP) is 3.98. The number of aromatic nitrogens is 1. The van der Waals surface area contributed by atoms with Crippen LogP contribution in [0.2, 0.25) is 5.02 Å². The van der Waals surface area contributed by atoms with Crippen molar-refractivity contribution in [3.05, 3.63) is 70.9 Å². The van der Waals surface area contributed by atoms with Crippen molar-refractivity contribution in [2.75, 3.05) is 13.7 Å². The maximum Gasteiger partial charge on any atom is 0.251 e. The molecule has 0 aliphatic carbocycles. The minimum atomic E-state index is -0.152. The average molecular weight is 357 g/mol. The molecule has 3 aromatic rings. The second-order valence-corrected chi connectivity index (χ2v) is 5.86. The zero-order chi connectivity index (χ0) is 17.6. The normalized spacial score (nSPS) is 10.5. The molecule has 1 aromatic heterocycles. The number of halogens is 1. The Morgan fingerprint density at radius 2 is 2.00 bits per heavy atom. The predicted molar refractivity (Wildman–Crippen MR) is 96.0 cm³/mol. The van der Waals surface area contributed by atoms with Gasteiger partial charge < -0.3 is 14.6 Å². The van der Waals surface area contributed by atoms with Crippen molar-refractivity contribution >= 4 is 17.5 Å². The minimum absolute atomic E-state index is 0.152. The van der Waals surface area contributed by atoms with Gasteiger partial charge in [0.25, 0.3) is 5.91 Å². The molecule has 25 heavy (non-hydrogen) atoms. The van der Waals surface area contributed by atoms with Crippen LogP contribution in [0, 0.1) is 0 Å². The Morgan fingerprint density at radius 1 is 1.20 bits per heavy atom. The van der Waals surface area contributed by atoms with Gasteiger partial charge in [-0.25, -0.2) is 0 Å². The second kappa shape index (κ2) is 7.85. The summed E-state index contributed by atoms with van der Waals surface area (Å²) in [5.74, 6) is 1.17. The SMILES string of the molecule is COc1cccc(C(=O)NCCc2cc(-c3ccc(Cl)cc3)on2)c1. The molecule has 0 fully saturated rings. The van der Waals surface area contributed by atoms with Crippen molar-refractivity contribution in [3.63, 3.8) is 0 Å². The van der Waals surface area contributed by atoms with Crippen molar-refractivity contribution in [2.45, 2.75) is 6.42 Å². The Labute approximate surface area is 150 Å². The molecule has 1 amide bonds. The van der Waals surface area contributed by atoms with E-state index in [9.17, 15) is 4.79 Å². The summed E-state index contributed by atoms with van der Waals surface area (Å²) in [6.07, 6.45) is 0.576. The van der Waals surface area contributed by atoms with E-state index in [-0.39, 0.29) is 5.91 Å². The summed E-state index contributed by atoms with van der Waals surface area (Å²) in [7, 11) is 1.57. The van der Waals surface area contributed by atoms with Gasteiger partial charge in [0.1, 0.15) is 5.75 Å². The summed E-state index contributed by atoms with van der Waals surface area (Å²) in [5.41, 5.74) is 2.24. The lowest BCUT2D eigenvalue weighted by atomic mass is 10.1. The van der Waals surface area contributed by atoms with Crippen LogP contribution < -0.4 is 10.1 Å². The Bertz CT molecular complexity index is 859. The number of methoxy groups -OCH3 is 1. The highest BCUT2D eigenvalue weighted by Crippen LogP contribution is 2.22. The van der Waals surface area contributed by atoms with Crippen molar-refractivity contribution in [1.29, 1.82) is 0 Å². The molecule has 6 heteroatoms. The third kappa shape index (κ3) is 4.39. The summed E-state index contributed by atoms with van der Waals surface area (Å²) in [5, 5.41) is 7.56. The molecule has 0 saturated carbocycles. The van der Waals surface area contributed by atoms with E-state index in [1.807, 2.05) is 18.2 Å². The number of hydrogen-bond acceptors (Lipinski definition) is 4. The molecule has 1 N–H and O–H groups in total. The number of carbonyl (C=O) groups is 1. The number of benzene rings is 2. The van der Waals surface area contributed by atoms with Crippen molar-refractivity contribution in [3.8, 4) is 17.1 Å². The van der Waals surface area contributed by atoms with E-state index in [2.05, 4.69) is 10.5 Å². The van der Waals surface area contributed by atoms with Crippen molar-refractivity contribution in [2.24, 2.45) is 0 Å². The van der Waals surface area contributed by atoms with Gasteiger partial charge in [0.05, 0.1) is 12.8 Å². The smallest absolute Gasteiger partial charge is 0.251 e. The number of nitrogens with zero attached hydrogens (tertiary/aromatic N) is 1. The van der Waals surface area contributed by atoms with E-state index < -0.39 is 0 Å². The number of hydrogen-bond donors (Lipinski definition) is 1. The molecular weight excluding hydrogens is 340 g/mol. The summed E-state index contributed by atoms with van der Waals surface area (Å²) in [4.78, 5) is 12.1. The summed E-state index contributed by atoms with van der Waals surface area (Å²) < 4.78 is 10.5. The van der Waals surface area contributed by atoms with Gasteiger partial charge in [0.15, 0.2) is 5.76 Å². The van der Waals surface area contributed by atoms with Crippen LogP contribution in [0.15, 0.2) is 59.1 Å². The maximum atomic E-state index is 12.1. The highest BCUT2D eigenvalue weighted by Gasteiger charge is 2.09. The minimum Gasteiger partial charge on any atom is -0.497 e. The highest BCUT2D eigenvalue weighted by atomic mass is 35.5. The Balaban J connectivity index is 1.55. The molecule has 0 saturated heterocycles. The molecule has 0 spiro atoms. The van der Waals surface area contributed by atoms with Crippen LogP contribution in [0.4, 0.5) is 0 Å². The molecule has 128 valence electrons. The van der Waals surface area contributed by atoms with Crippen LogP contribution in [0.3, 0.4) is 0 Å². The molecule has 2 aromatic carbocycles. The van der Waals surface area contributed by atoms with Crippen LogP contribution in [0.5, 0.6) is 5.75 Å². The lowest BCUT2D eigenvalue weighted by Gasteiger charge is -2.05. The second-order valence-electron chi connectivity index (χ2n) is 5.43. The fourth-order valence-electron chi connectivity index (χ4n) is 2.35. The molecule has 0 aliphatic rings. The Hall–Kier alpha value is -2.79. The summed E-state index contributed by atoms with van der Waals surface area (Å²) in [6.45, 7) is 0.461. The lowest BCUT2D eigenvalue weighted by Crippen LogP contribution is -2.25. The number of carbonyl (C=O) groups excluding carboxylic acids is 1. The number of rotatable bonds is 6. The number of ether oxygens (including phenoxy) is 1. The van der Waals surface area contributed by atoms with Crippen molar-refractivity contribution < 1.29 is 14.1 Å². The van der Waals surface area contributed by atoms with E-state index in [1.165, 1.54) is 0 Å². The first kappa shape index (κ1) is 17.0. The zero-order valence-corrected chi connectivity index (χ0v) is 14.4. The van der Waals surface area contributed by atoms with Crippen LogP contribution in [-0.2, 0) is 6.42 Å². The fraction of sp³-hybridized carbons (Fsp3) is 0.158. The van der Waals surface area contributed by atoms with Crippen molar-refractivity contribution in [1.82, 2.24) is 10.5 Å². The van der Waals surface area contributed by atoms with Crippen LogP contribution >= 0.6 is 11.6 Å². The third-order valence-electron chi connectivity index (χ3n) is 3.69. The molecule has 0 atom stereocenters. The Kier molecular flexibility index (Phi) is 5.36. The number of amides is 1. The first-order chi connectivity index (χ1) is 12.2. The van der Waals surface area contributed by atoms with Gasteiger partial charge in [-0.05, 0) is 42.5 Å².